The molecule has 0 bridgehead atoms. The van der Waals surface area contributed by atoms with Gasteiger partial charge in [-0.15, -0.1) is 0 Å². The maximum absolute atomic E-state index is 12.6. The van der Waals surface area contributed by atoms with Crippen LogP contribution in [0.4, 0.5) is 5.69 Å². The maximum atomic E-state index is 12.6. The molecule has 0 unspecified atom stereocenters. The number of para-hydroxylation sites is 1. The van der Waals surface area contributed by atoms with Crippen LogP contribution in [0.3, 0.4) is 0 Å². The number of benzene rings is 2. The van der Waals surface area contributed by atoms with Gasteiger partial charge in [0.15, 0.2) is 0 Å². The Morgan fingerprint density at radius 3 is 2.65 bits per heavy atom. The minimum absolute atomic E-state index is 0.0754. The highest BCUT2D eigenvalue weighted by molar-refractivity contribution is 5.96. The molecule has 4 rings (SSSR count). The summed E-state index contributed by atoms with van der Waals surface area (Å²) in [5, 5.41) is 2.90. The molecule has 0 spiro atoms. The van der Waals surface area contributed by atoms with Gasteiger partial charge in [-0.3, -0.25) is 9.59 Å². The molecule has 2 aromatic carbocycles. The van der Waals surface area contributed by atoms with E-state index in [9.17, 15) is 9.59 Å². The van der Waals surface area contributed by atoms with Crippen molar-refractivity contribution in [1.82, 2.24) is 5.32 Å². The second-order valence-corrected chi connectivity index (χ2v) is 7.12. The smallest absolute Gasteiger partial charge is 0.251 e. The predicted octanol–water partition coefficient (Wildman–Crippen LogP) is 3.27. The number of hydrogen-bond donors (Lipinski definition) is 1. The molecule has 0 saturated heterocycles. The molecule has 0 radical (unpaired) electrons. The first-order valence-electron chi connectivity index (χ1n) is 9.50. The van der Waals surface area contributed by atoms with Crippen molar-refractivity contribution in [2.75, 3.05) is 18.0 Å². The van der Waals surface area contributed by atoms with E-state index < -0.39 is 0 Å². The maximum Gasteiger partial charge on any atom is 0.251 e. The van der Waals surface area contributed by atoms with E-state index in [4.69, 9.17) is 0 Å². The van der Waals surface area contributed by atoms with Crippen molar-refractivity contribution in [3.63, 3.8) is 0 Å². The molecular weight excluding hydrogens is 324 g/mol. The fraction of sp³-hybridized carbons (Fsp3) is 0.364. The van der Waals surface area contributed by atoms with Gasteiger partial charge >= 0.3 is 0 Å². The van der Waals surface area contributed by atoms with Crippen LogP contribution >= 0.6 is 0 Å². The molecule has 134 valence electrons. The first-order chi connectivity index (χ1) is 12.7. The lowest BCUT2D eigenvalue weighted by molar-refractivity contribution is -0.118. The number of anilines is 1. The highest BCUT2D eigenvalue weighted by Crippen LogP contribution is 2.27. The largest absolute Gasteiger partial charge is 0.352 e. The molecule has 1 N–H and O–H groups in total. The fourth-order valence-electron chi connectivity index (χ4n) is 4.03. The zero-order valence-electron chi connectivity index (χ0n) is 15.0. The standard InChI is InChI=1S/C22H24N2O2/c25-21(24-14-4-8-17-5-1-2-9-20(17)24)12-13-23-22(26)19-11-10-16-6-3-7-18(16)15-19/h1-2,5,9-11,15H,3-4,6-8,12-14H2,(H,23,26). The number of carbonyl (C=O) groups is 2. The number of aryl methyl sites for hydroxylation is 3. The lowest BCUT2D eigenvalue weighted by Crippen LogP contribution is -2.37. The highest BCUT2D eigenvalue weighted by Gasteiger charge is 2.22. The lowest BCUT2D eigenvalue weighted by atomic mass is 10.0. The van der Waals surface area contributed by atoms with E-state index in [1.807, 2.05) is 35.2 Å². The van der Waals surface area contributed by atoms with Gasteiger partial charge in [0.2, 0.25) is 5.91 Å². The molecule has 0 fully saturated rings. The second-order valence-electron chi connectivity index (χ2n) is 7.12. The first kappa shape index (κ1) is 16.8. The van der Waals surface area contributed by atoms with Crippen molar-refractivity contribution in [3.8, 4) is 0 Å². The van der Waals surface area contributed by atoms with Crippen molar-refractivity contribution in [3.05, 3.63) is 64.7 Å². The molecule has 26 heavy (non-hydrogen) atoms. The third-order valence-corrected chi connectivity index (χ3v) is 5.40. The molecule has 2 aromatic rings. The van der Waals surface area contributed by atoms with Crippen LogP contribution < -0.4 is 10.2 Å². The van der Waals surface area contributed by atoms with Crippen molar-refractivity contribution < 1.29 is 9.59 Å². The minimum Gasteiger partial charge on any atom is -0.352 e. The van der Waals surface area contributed by atoms with Gasteiger partial charge in [-0.05, 0) is 67.0 Å². The van der Waals surface area contributed by atoms with Gasteiger partial charge in [-0.1, -0.05) is 24.3 Å². The average molecular weight is 348 g/mol. The zero-order chi connectivity index (χ0) is 17.9. The van der Waals surface area contributed by atoms with Crippen LogP contribution in [0.5, 0.6) is 0 Å². The normalized spacial score (nSPS) is 15.3. The van der Waals surface area contributed by atoms with E-state index in [1.165, 1.54) is 23.1 Å². The predicted molar refractivity (Wildman–Crippen MR) is 103 cm³/mol. The van der Waals surface area contributed by atoms with Gasteiger partial charge in [0.25, 0.3) is 5.91 Å². The number of amides is 2. The third kappa shape index (κ3) is 3.36. The molecular formula is C22H24N2O2. The molecule has 0 atom stereocenters. The van der Waals surface area contributed by atoms with Crippen LogP contribution in [-0.2, 0) is 24.1 Å². The monoisotopic (exact) mass is 348 g/mol. The fourth-order valence-corrected chi connectivity index (χ4v) is 4.03. The molecule has 0 saturated carbocycles. The van der Waals surface area contributed by atoms with Crippen LogP contribution in [0.15, 0.2) is 42.5 Å². The van der Waals surface area contributed by atoms with Crippen LogP contribution in [0.25, 0.3) is 0 Å². The summed E-state index contributed by atoms with van der Waals surface area (Å²) in [6.07, 6.45) is 5.68. The van der Waals surface area contributed by atoms with Gasteiger partial charge in [-0.2, -0.15) is 0 Å². The highest BCUT2D eigenvalue weighted by atomic mass is 16.2. The molecule has 4 heteroatoms. The molecule has 2 amide bonds. The Bertz CT molecular complexity index is 844. The SMILES string of the molecule is O=C(NCCC(=O)N1CCCc2ccccc21)c1ccc2c(c1)CCC2. The summed E-state index contributed by atoms with van der Waals surface area (Å²) in [6.45, 7) is 1.13. The zero-order valence-corrected chi connectivity index (χ0v) is 15.0. The van der Waals surface area contributed by atoms with E-state index in [-0.39, 0.29) is 11.8 Å². The van der Waals surface area contributed by atoms with E-state index in [0.717, 1.165) is 37.9 Å². The molecule has 2 aliphatic rings. The summed E-state index contributed by atoms with van der Waals surface area (Å²) < 4.78 is 0. The number of nitrogens with one attached hydrogen (secondary N) is 1. The first-order valence-corrected chi connectivity index (χ1v) is 9.50. The average Bonchev–Trinajstić information content (AvgIpc) is 3.15. The van der Waals surface area contributed by atoms with Crippen LogP contribution in [-0.4, -0.2) is 24.9 Å². The Kier molecular flexibility index (Phi) is 4.74. The van der Waals surface area contributed by atoms with Crippen molar-refractivity contribution >= 4 is 17.5 Å². The Labute approximate surface area is 154 Å². The Hall–Kier alpha value is -2.62. The summed E-state index contributed by atoms with van der Waals surface area (Å²) in [5.74, 6) is -0.0158. The summed E-state index contributed by atoms with van der Waals surface area (Å²) in [4.78, 5) is 26.8. The number of nitrogens with zero attached hydrogens (tertiary/aromatic N) is 1. The van der Waals surface area contributed by atoms with Crippen LogP contribution in [0, 0.1) is 0 Å². The minimum atomic E-state index is -0.0912. The molecule has 0 aromatic heterocycles. The van der Waals surface area contributed by atoms with Crippen molar-refractivity contribution in [1.29, 1.82) is 0 Å². The van der Waals surface area contributed by atoms with Crippen molar-refractivity contribution in [2.24, 2.45) is 0 Å². The third-order valence-electron chi connectivity index (χ3n) is 5.40. The Morgan fingerprint density at radius 1 is 0.923 bits per heavy atom. The summed E-state index contributed by atoms with van der Waals surface area (Å²) in [6, 6.07) is 14.0. The molecule has 4 nitrogen and oxygen atoms in total. The second kappa shape index (κ2) is 7.32. The van der Waals surface area contributed by atoms with Gasteiger partial charge in [0.1, 0.15) is 0 Å². The van der Waals surface area contributed by atoms with Gasteiger partial charge in [0.05, 0.1) is 0 Å². The van der Waals surface area contributed by atoms with Gasteiger partial charge in [-0.25, -0.2) is 0 Å². The summed E-state index contributed by atoms with van der Waals surface area (Å²) in [5.41, 5.74) is 5.60. The number of rotatable bonds is 4. The topological polar surface area (TPSA) is 49.4 Å². The molecule has 1 heterocycles. The summed E-state index contributed by atoms with van der Waals surface area (Å²) in [7, 11) is 0. The number of hydrogen-bond acceptors (Lipinski definition) is 2. The molecule has 1 aliphatic heterocycles. The number of carbonyl (C=O) groups excluding carboxylic acids is 2. The van der Waals surface area contributed by atoms with Gasteiger partial charge in [0, 0.05) is 30.8 Å². The van der Waals surface area contributed by atoms with E-state index >= 15 is 0 Å². The Morgan fingerprint density at radius 2 is 1.73 bits per heavy atom. The van der Waals surface area contributed by atoms with Crippen LogP contribution in [0.1, 0.15) is 46.3 Å². The lowest BCUT2D eigenvalue weighted by Gasteiger charge is -2.29. The van der Waals surface area contributed by atoms with Crippen LogP contribution in [0.2, 0.25) is 0 Å². The van der Waals surface area contributed by atoms with Gasteiger partial charge < -0.3 is 10.2 Å². The Balaban J connectivity index is 1.33. The van der Waals surface area contributed by atoms with E-state index in [0.29, 0.717) is 18.5 Å². The molecule has 1 aliphatic carbocycles. The number of fused-ring (bicyclic) bond motifs is 2. The summed E-state index contributed by atoms with van der Waals surface area (Å²) >= 11 is 0. The van der Waals surface area contributed by atoms with E-state index in [2.05, 4.69) is 17.4 Å². The quantitative estimate of drug-likeness (QED) is 0.922. The van der Waals surface area contributed by atoms with Crippen molar-refractivity contribution in [2.45, 2.75) is 38.5 Å². The van der Waals surface area contributed by atoms with E-state index in [1.54, 1.807) is 0 Å².